The van der Waals surface area contributed by atoms with Crippen LogP contribution in [-0.4, -0.2) is 28.1 Å². The molecule has 1 aromatic heterocycles. The highest BCUT2D eigenvalue weighted by molar-refractivity contribution is 5.74. The van der Waals surface area contributed by atoms with Gasteiger partial charge in [0.15, 0.2) is 0 Å². The monoisotopic (exact) mass is 279 g/mol. The lowest BCUT2D eigenvalue weighted by Gasteiger charge is -2.14. The number of aliphatic carboxylic acids is 1. The van der Waals surface area contributed by atoms with E-state index < -0.39 is 5.97 Å². The van der Waals surface area contributed by atoms with E-state index in [2.05, 4.69) is 15.6 Å². The summed E-state index contributed by atoms with van der Waals surface area (Å²) in [6, 6.07) is 3.37. The molecule has 0 saturated carbocycles. The third-order valence-corrected chi connectivity index (χ3v) is 2.95. The quantitative estimate of drug-likeness (QED) is 0.708. The molecule has 0 aromatic carbocycles. The van der Waals surface area contributed by atoms with Gasteiger partial charge in [-0.1, -0.05) is 13.0 Å². The van der Waals surface area contributed by atoms with E-state index in [1.807, 2.05) is 19.1 Å². The maximum atomic E-state index is 11.7. The molecule has 0 aliphatic carbocycles. The van der Waals surface area contributed by atoms with Gasteiger partial charge < -0.3 is 15.7 Å². The van der Waals surface area contributed by atoms with Crippen molar-refractivity contribution >= 4 is 12.0 Å². The Morgan fingerprint density at radius 3 is 2.85 bits per heavy atom. The summed E-state index contributed by atoms with van der Waals surface area (Å²) < 4.78 is 0. The van der Waals surface area contributed by atoms with Crippen LogP contribution in [0.25, 0.3) is 0 Å². The van der Waals surface area contributed by atoms with E-state index in [0.29, 0.717) is 13.0 Å². The second-order valence-electron chi connectivity index (χ2n) is 4.62. The van der Waals surface area contributed by atoms with E-state index in [-0.39, 0.29) is 18.5 Å². The Labute approximate surface area is 118 Å². The van der Waals surface area contributed by atoms with Crippen LogP contribution < -0.4 is 10.6 Å². The smallest absolute Gasteiger partial charge is 0.315 e. The Morgan fingerprint density at radius 1 is 1.45 bits per heavy atom. The van der Waals surface area contributed by atoms with Gasteiger partial charge in [0.1, 0.15) is 0 Å². The first-order chi connectivity index (χ1) is 9.52. The van der Waals surface area contributed by atoms with Crippen molar-refractivity contribution in [3.8, 4) is 0 Å². The minimum atomic E-state index is -0.861. The van der Waals surface area contributed by atoms with Crippen LogP contribution in [0.3, 0.4) is 0 Å². The largest absolute Gasteiger partial charge is 0.481 e. The minimum Gasteiger partial charge on any atom is -0.481 e. The number of carbonyl (C=O) groups is 2. The number of pyridine rings is 1. The molecule has 2 amide bonds. The van der Waals surface area contributed by atoms with Gasteiger partial charge in [-0.05, 0) is 31.4 Å². The molecule has 3 N–H and O–H groups in total. The molecule has 1 atom stereocenters. The van der Waals surface area contributed by atoms with E-state index in [4.69, 9.17) is 5.11 Å². The topological polar surface area (TPSA) is 91.3 Å². The Hall–Kier alpha value is -2.11. The number of hydrogen-bond donors (Lipinski definition) is 3. The fourth-order valence-corrected chi connectivity index (χ4v) is 1.80. The summed E-state index contributed by atoms with van der Waals surface area (Å²) in [5.41, 5.74) is 1.95. The van der Waals surface area contributed by atoms with Crippen LogP contribution in [0.15, 0.2) is 18.3 Å². The summed E-state index contributed by atoms with van der Waals surface area (Å²) in [7, 11) is 0. The van der Waals surface area contributed by atoms with Gasteiger partial charge in [0.2, 0.25) is 0 Å². The van der Waals surface area contributed by atoms with Crippen LogP contribution in [0.5, 0.6) is 0 Å². The molecule has 1 rings (SSSR count). The number of amides is 2. The number of nitrogens with zero attached hydrogens (tertiary/aromatic N) is 1. The number of carbonyl (C=O) groups excluding carboxylic acids is 1. The Morgan fingerprint density at radius 2 is 2.20 bits per heavy atom. The van der Waals surface area contributed by atoms with E-state index in [9.17, 15) is 9.59 Å². The zero-order valence-electron chi connectivity index (χ0n) is 11.8. The molecule has 1 aromatic rings. The molecular formula is C14H21N3O3. The molecule has 0 fully saturated rings. The number of carboxylic acids is 1. The van der Waals surface area contributed by atoms with Gasteiger partial charge in [-0.15, -0.1) is 0 Å². The molecule has 0 saturated heterocycles. The number of nitrogens with one attached hydrogen (secondary N) is 2. The highest BCUT2D eigenvalue weighted by Gasteiger charge is 2.09. The first-order valence-electron chi connectivity index (χ1n) is 6.71. The van der Waals surface area contributed by atoms with Crippen LogP contribution in [0.1, 0.15) is 37.9 Å². The van der Waals surface area contributed by atoms with Gasteiger partial charge in [-0.3, -0.25) is 9.78 Å². The highest BCUT2D eigenvalue weighted by atomic mass is 16.4. The minimum absolute atomic E-state index is 0.0433. The van der Waals surface area contributed by atoms with Gasteiger partial charge in [0, 0.05) is 18.7 Å². The Balaban J connectivity index is 2.37. The lowest BCUT2D eigenvalue weighted by molar-refractivity contribution is -0.137. The number of aromatic nitrogens is 1. The van der Waals surface area contributed by atoms with Crippen LogP contribution in [-0.2, 0) is 17.8 Å². The number of rotatable bonds is 7. The normalized spacial score (nSPS) is 11.7. The van der Waals surface area contributed by atoms with Gasteiger partial charge in [-0.25, -0.2) is 4.79 Å². The van der Waals surface area contributed by atoms with Gasteiger partial charge >= 0.3 is 12.0 Å². The number of aryl methyl sites for hydroxylation is 1. The number of hydrogen-bond acceptors (Lipinski definition) is 3. The molecule has 0 spiro atoms. The zero-order chi connectivity index (χ0) is 15.0. The second kappa shape index (κ2) is 8.14. The van der Waals surface area contributed by atoms with Crippen molar-refractivity contribution in [3.05, 3.63) is 29.6 Å². The summed E-state index contributed by atoms with van der Waals surface area (Å²) in [4.78, 5) is 26.3. The summed E-state index contributed by atoms with van der Waals surface area (Å²) in [5.74, 6) is -0.861. The standard InChI is InChI=1S/C14H21N3O3/c1-3-11-5-4-8-15-12(11)9-16-14(20)17-10(2)6-7-13(18)19/h4-5,8,10H,3,6-7,9H2,1-2H3,(H,18,19)(H2,16,17,20). The summed E-state index contributed by atoms with van der Waals surface area (Å²) >= 11 is 0. The number of urea groups is 1. The highest BCUT2D eigenvalue weighted by Crippen LogP contribution is 2.05. The maximum Gasteiger partial charge on any atom is 0.315 e. The molecule has 110 valence electrons. The molecule has 1 unspecified atom stereocenters. The van der Waals surface area contributed by atoms with Crippen molar-refractivity contribution < 1.29 is 14.7 Å². The molecule has 0 aliphatic heterocycles. The molecule has 6 heteroatoms. The van der Waals surface area contributed by atoms with Crippen molar-refractivity contribution in [1.82, 2.24) is 15.6 Å². The zero-order valence-corrected chi connectivity index (χ0v) is 11.8. The lowest BCUT2D eigenvalue weighted by atomic mass is 10.1. The maximum absolute atomic E-state index is 11.7. The molecule has 0 aliphatic rings. The van der Waals surface area contributed by atoms with Crippen LogP contribution in [0.2, 0.25) is 0 Å². The average Bonchev–Trinajstić information content (AvgIpc) is 2.43. The SMILES string of the molecule is CCc1cccnc1CNC(=O)NC(C)CCC(=O)O. The second-order valence-corrected chi connectivity index (χ2v) is 4.62. The predicted molar refractivity (Wildman–Crippen MR) is 75.3 cm³/mol. The van der Waals surface area contributed by atoms with Crippen LogP contribution in [0.4, 0.5) is 4.79 Å². The van der Waals surface area contributed by atoms with Crippen molar-refractivity contribution in [2.75, 3.05) is 0 Å². The van der Waals surface area contributed by atoms with Crippen molar-refractivity contribution in [2.45, 2.75) is 45.7 Å². The summed E-state index contributed by atoms with van der Waals surface area (Å²) in [6.07, 6.45) is 3.01. The third kappa shape index (κ3) is 5.69. The van der Waals surface area contributed by atoms with E-state index in [1.165, 1.54) is 0 Å². The first kappa shape index (κ1) is 15.9. The number of carboxylic acid groups (broad SMARTS) is 1. The molecule has 0 radical (unpaired) electrons. The van der Waals surface area contributed by atoms with Crippen molar-refractivity contribution in [2.24, 2.45) is 0 Å². The van der Waals surface area contributed by atoms with E-state index in [1.54, 1.807) is 13.1 Å². The Bertz CT molecular complexity index is 463. The fraction of sp³-hybridized carbons (Fsp3) is 0.500. The van der Waals surface area contributed by atoms with E-state index in [0.717, 1.165) is 17.7 Å². The average molecular weight is 279 g/mol. The lowest BCUT2D eigenvalue weighted by Crippen LogP contribution is -2.40. The van der Waals surface area contributed by atoms with E-state index >= 15 is 0 Å². The summed E-state index contributed by atoms with van der Waals surface area (Å²) in [5, 5.41) is 14.0. The summed E-state index contributed by atoms with van der Waals surface area (Å²) in [6.45, 7) is 4.18. The van der Waals surface area contributed by atoms with Gasteiger partial charge in [0.05, 0.1) is 12.2 Å². The molecule has 1 heterocycles. The van der Waals surface area contributed by atoms with Crippen molar-refractivity contribution in [1.29, 1.82) is 0 Å². The molecule has 0 bridgehead atoms. The van der Waals surface area contributed by atoms with Crippen LogP contribution in [0, 0.1) is 0 Å². The molecule has 20 heavy (non-hydrogen) atoms. The first-order valence-corrected chi connectivity index (χ1v) is 6.71. The third-order valence-electron chi connectivity index (χ3n) is 2.95. The van der Waals surface area contributed by atoms with Gasteiger partial charge in [-0.2, -0.15) is 0 Å². The Kier molecular flexibility index (Phi) is 6.49. The molecule has 6 nitrogen and oxygen atoms in total. The molecular weight excluding hydrogens is 258 g/mol. The van der Waals surface area contributed by atoms with Crippen molar-refractivity contribution in [3.63, 3.8) is 0 Å². The van der Waals surface area contributed by atoms with Gasteiger partial charge in [0.25, 0.3) is 0 Å². The van der Waals surface area contributed by atoms with Crippen LogP contribution >= 0.6 is 0 Å². The predicted octanol–water partition coefficient (Wildman–Crippen LogP) is 1.70. The fourth-order valence-electron chi connectivity index (χ4n) is 1.80.